The number of alkyl halides is 2. The standard InChI is InChI=1S/C19H25F2N3OS/c1-12(2)11-24-14(4)15(13(3)23-24)9-10-18(25)22-16-7-5-6-8-17(16)26-19(20)21/h5-8,12,19H,9-11H2,1-4H3,(H,22,25). The molecule has 0 saturated carbocycles. The minimum atomic E-state index is -2.52. The summed E-state index contributed by atoms with van der Waals surface area (Å²) in [6.07, 6.45) is 0.856. The second kappa shape index (κ2) is 9.16. The van der Waals surface area contributed by atoms with Gasteiger partial charge in [-0.1, -0.05) is 37.7 Å². The maximum atomic E-state index is 12.6. The highest BCUT2D eigenvalue weighted by Crippen LogP contribution is 2.31. The van der Waals surface area contributed by atoms with E-state index in [0.29, 0.717) is 34.7 Å². The Bertz CT molecular complexity index is 759. The van der Waals surface area contributed by atoms with E-state index in [9.17, 15) is 13.6 Å². The number of benzene rings is 1. The first kappa shape index (κ1) is 20.4. The molecule has 0 aliphatic rings. The summed E-state index contributed by atoms with van der Waals surface area (Å²) in [6.45, 7) is 9.09. The van der Waals surface area contributed by atoms with Crippen LogP contribution in [0.4, 0.5) is 14.5 Å². The normalized spacial score (nSPS) is 11.4. The van der Waals surface area contributed by atoms with Gasteiger partial charge in [-0.3, -0.25) is 9.48 Å². The molecule has 0 aliphatic heterocycles. The minimum absolute atomic E-state index is 0.192. The summed E-state index contributed by atoms with van der Waals surface area (Å²) in [6, 6.07) is 6.61. The number of halogens is 2. The van der Waals surface area contributed by atoms with E-state index in [2.05, 4.69) is 24.3 Å². The average Bonchev–Trinajstić information content (AvgIpc) is 2.80. The van der Waals surface area contributed by atoms with E-state index in [1.165, 1.54) is 0 Å². The van der Waals surface area contributed by atoms with Crippen LogP contribution in [0.5, 0.6) is 0 Å². The van der Waals surface area contributed by atoms with Gasteiger partial charge >= 0.3 is 0 Å². The first-order chi connectivity index (χ1) is 12.3. The van der Waals surface area contributed by atoms with Crippen LogP contribution in [0.25, 0.3) is 0 Å². The Balaban J connectivity index is 2.01. The van der Waals surface area contributed by atoms with Gasteiger partial charge in [0.1, 0.15) is 0 Å². The summed E-state index contributed by atoms with van der Waals surface area (Å²) in [4.78, 5) is 12.7. The van der Waals surface area contributed by atoms with Crippen molar-refractivity contribution in [3.8, 4) is 0 Å². The monoisotopic (exact) mass is 381 g/mol. The summed E-state index contributed by atoms with van der Waals surface area (Å²) in [5.41, 5.74) is 3.52. The Kier molecular flexibility index (Phi) is 7.20. The molecule has 0 unspecified atom stereocenters. The van der Waals surface area contributed by atoms with Crippen molar-refractivity contribution in [3.63, 3.8) is 0 Å². The Hall–Kier alpha value is -1.89. The summed E-state index contributed by atoms with van der Waals surface area (Å²) >= 11 is 0.434. The van der Waals surface area contributed by atoms with Crippen LogP contribution in [0, 0.1) is 19.8 Å². The van der Waals surface area contributed by atoms with E-state index in [0.717, 1.165) is 23.5 Å². The van der Waals surface area contributed by atoms with Crippen molar-refractivity contribution in [2.75, 3.05) is 5.32 Å². The molecule has 1 N–H and O–H groups in total. The van der Waals surface area contributed by atoms with Gasteiger partial charge in [-0.2, -0.15) is 13.9 Å². The Morgan fingerprint density at radius 2 is 1.96 bits per heavy atom. The summed E-state index contributed by atoms with van der Waals surface area (Å²) < 4.78 is 27.2. The summed E-state index contributed by atoms with van der Waals surface area (Å²) in [5.74, 6) is -2.22. The van der Waals surface area contributed by atoms with Crippen LogP contribution < -0.4 is 5.32 Å². The second-order valence-corrected chi connectivity index (χ2v) is 7.68. The van der Waals surface area contributed by atoms with Crippen molar-refractivity contribution in [1.29, 1.82) is 0 Å². The number of hydrogen-bond acceptors (Lipinski definition) is 3. The molecule has 2 aromatic rings. The molecule has 26 heavy (non-hydrogen) atoms. The molecule has 4 nitrogen and oxygen atoms in total. The number of amides is 1. The first-order valence-corrected chi connectivity index (χ1v) is 9.52. The lowest BCUT2D eigenvalue weighted by molar-refractivity contribution is -0.116. The largest absolute Gasteiger partial charge is 0.325 e. The van der Waals surface area contributed by atoms with E-state index in [1.807, 2.05) is 18.5 Å². The van der Waals surface area contributed by atoms with Crippen LogP contribution in [-0.2, 0) is 17.8 Å². The van der Waals surface area contributed by atoms with Gasteiger partial charge in [0, 0.05) is 23.6 Å². The molecule has 142 valence electrons. The molecule has 0 radical (unpaired) electrons. The highest BCUT2D eigenvalue weighted by molar-refractivity contribution is 7.99. The average molecular weight is 381 g/mol. The minimum Gasteiger partial charge on any atom is -0.325 e. The van der Waals surface area contributed by atoms with Crippen molar-refractivity contribution in [2.24, 2.45) is 5.92 Å². The van der Waals surface area contributed by atoms with Crippen molar-refractivity contribution < 1.29 is 13.6 Å². The third-order valence-electron chi connectivity index (χ3n) is 4.05. The molecule has 1 aromatic heterocycles. The van der Waals surface area contributed by atoms with E-state index >= 15 is 0 Å². The fourth-order valence-corrected chi connectivity index (χ4v) is 3.43. The number of nitrogens with one attached hydrogen (secondary N) is 1. The molecule has 0 saturated heterocycles. The van der Waals surface area contributed by atoms with Crippen LogP contribution >= 0.6 is 11.8 Å². The fourth-order valence-electron chi connectivity index (χ4n) is 2.84. The number of hydrogen-bond donors (Lipinski definition) is 1. The zero-order chi connectivity index (χ0) is 19.3. The SMILES string of the molecule is Cc1nn(CC(C)C)c(C)c1CCC(=O)Nc1ccccc1SC(F)F. The molecule has 0 bridgehead atoms. The molecular weight excluding hydrogens is 356 g/mol. The zero-order valence-electron chi connectivity index (χ0n) is 15.6. The second-order valence-electron chi connectivity index (χ2n) is 6.65. The highest BCUT2D eigenvalue weighted by Gasteiger charge is 2.15. The number of thioether (sulfide) groups is 1. The van der Waals surface area contributed by atoms with Gasteiger partial charge < -0.3 is 5.32 Å². The molecule has 0 aliphatic carbocycles. The lowest BCUT2D eigenvalue weighted by Gasteiger charge is -2.11. The van der Waals surface area contributed by atoms with Crippen LogP contribution in [0.3, 0.4) is 0 Å². The van der Waals surface area contributed by atoms with Gasteiger partial charge in [0.2, 0.25) is 5.91 Å². The Labute approximate surface area is 157 Å². The number of aromatic nitrogens is 2. The smallest absolute Gasteiger partial charge is 0.288 e. The Morgan fingerprint density at radius 3 is 2.62 bits per heavy atom. The number of nitrogens with zero attached hydrogens (tertiary/aromatic N) is 2. The van der Waals surface area contributed by atoms with Crippen molar-refractivity contribution in [1.82, 2.24) is 9.78 Å². The van der Waals surface area contributed by atoms with Gasteiger partial charge in [-0.15, -0.1) is 0 Å². The third kappa shape index (κ3) is 5.56. The molecule has 2 rings (SSSR count). The predicted molar refractivity (Wildman–Crippen MR) is 102 cm³/mol. The van der Waals surface area contributed by atoms with Gasteiger partial charge in [0.05, 0.1) is 11.4 Å². The zero-order valence-corrected chi connectivity index (χ0v) is 16.4. The van der Waals surface area contributed by atoms with Crippen LogP contribution in [-0.4, -0.2) is 21.4 Å². The number of carbonyl (C=O) groups is 1. The quantitative estimate of drug-likeness (QED) is 0.652. The molecular formula is C19H25F2N3OS. The maximum Gasteiger partial charge on any atom is 0.288 e. The Morgan fingerprint density at radius 1 is 1.27 bits per heavy atom. The number of rotatable bonds is 8. The van der Waals surface area contributed by atoms with Crippen molar-refractivity contribution >= 4 is 23.4 Å². The van der Waals surface area contributed by atoms with Crippen LogP contribution in [0.15, 0.2) is 29.2 Å². The third-order valence-corrected chi connectivity index (χ3v) is 4.84. The maximum absolute atomic E-state index is 12.6. The van der Waals surface area contributed by atoms with Gasteiger partial charge in [0.25, 0.3) is 5.76 Å². The molecule has 0 spiro atoms. The van der Waals surface area contributed by atoms with E-state index < -0.39 is 5.76 Å². The molecule has 7 heteroatoms. The lowest BCUT2D eigenvalue weighted by atomic mass is 10.1. The van der Waals surface area contributed by atoms with Gasteiger partial charge in [0.15, 0.2) is 0 Å². The topological polar surface area (TPSA) is 46.9 Å². The molecule has 1 amide bonds. The predicted octanol–water partition coefficient (Wildman–Crippen LogP) is 5.04. The van der Waals surface area contributed by atoms with Crippen LogP contribution in [0.1, 0.15) is 37.2 Å². The van der Waals surface area contributed by atoms with Crippen molar-refractivity contribution in [2.45, 2.75) is 57.7 Å². The lowest BCUT2D eigenvalue weighted by Crippen LogP contribution is -2.13. The number of aryl methyl sites for hydroxylation is 1. The van der Waals surface area contributed by atoms with Crippen LogP contribution in [0.2, 0.25) is 0 Å². The number of anilines is 1. The first-order valence-electron chi connectivity index (χ1n) is 8.64. The number of para-hydroxylation sites is 1. The summed E-state index contributed by atoms with van der Waals surface area (Å²) in [5, 5.41) is 7.30. The van der Waals surface area contributed by atoms with Gasteiger partial charge in [-0.05, 0) is 43.9 Å². The molecule has 1 aromatic carbocycles. The van der Waals surface area contributed by atoms with Crippen molar-refractivity contribution in [3.05, 3.63) is 41.2 Å². The molecule has 0 fully saturated rings. The molecule has 1 heterocycles. The fraction of sp³-hybridized carbons (Fsp3) is 0.474. The molecule has 0 atom stereocenters. The summed E-state index contributed by atoms with van der Waals surface area (Å²) in [7, 11) is 0. The van der Waals surface area contributed by atoms with E-state index in [-0.39, 0.29) is 12.3 Å². The van der Waals surface area contributed by atoms with E-state index in [4.69, 9.17) is 0 Å². The van der Waals surface area contributed by atoms with Gasteiger partial charge in [-0.25, -0.2) is 0 Å². The highest BCUT2D eigenvalue weighted by atomic mass is 32.2. The van der Waals surface area contributed by atoms with E-state index in [1.54, 1.807) is 24.3 Å². The number of carbonyl (C=O) groups excluding carboxylic acids is 1.